The van der Waals surface area contributed by atoms with Gasteiger partial charge >= 0.3 is 0 Å². The Kier molecular flexibility index (Phi) is 2.85. The van der Waals surface area contributed by atoms with Crippen molar-refractivity contribution in [2.75, 3.05) is 6.54 Å². The Morgan fingerprint density at radius 1 is 1.26 bits per heavy atom. The fraction of sp³-hybridized carbons (Fsp3) is 0.438. The monoisotopic (exact) mass is 257 g/mol. The van der Waals surface area contributed by atoms with E-state index in [-0.39, 0.29) is 11.2 Å². The standard InChI is InChI=1S/C16H19NO2/c1-12(18)14-15(19)16(7-8-16)9-10-17(14)11-13-5-3-2-4-6-13/h2-6,19H,7-11H2,1H3. The van der Waals surface area contributed by atoms with Gasteiger partial charge < -0.3 is 10.0 Å². The molecule has 3 rings (SSSR count). The molecule has 3 nitrogen and oxygen atoms in total. The summed E-state index contributed by atoms with van der Waals surface area (Å²) in [4.78, 5) is 13.9. The number of rotatable bonds is 3. The van der Waals surface area contributed by atoms with E-state index in [9.17, 15) is 9.90 Å². The van der Waals surface area contributed by atoms with Gasteiger partial charge in [0.2, 0.25) is 0 Å². The topological polar surface area (TPSA) is 40.5 Å². The lowest BCUT2D eigenvalue weighted by molar-refractivity contribution is -0.115. The molecule has 1 aliphatic carbocycles. The normalized spacial score (nSPS) is 20.8. The Morgan fingerprint density at radius 2 is 1.95 bits per heavy atom. The van der Waals surface area contributed by atoms with Crippen LogP contribution < -0.4 is 0 Å². The van der Waals surface area contributed by atoms with Crippen molar-refractivity contribution in [2.24, 2.45) is 5.41 Å². The summed E-state index contributed by atoms with van der Waals surface area (Å²) in [6.07, 6.45) is 3.01. The number of aliphatic hydroxyl groups is 1. The second-order valence-corrected chi connectivity index (χ2v) is 5.69. The van der Waals surface area contributed by atoms with Crippen LogP contribution in [0, 0.1) is 5.41 Å². The molecule has 3 heteroatoms. The summed E-state index contributed by atoms with van der Waals surface area (Å²) in [5.74, 6) is 0.307. The molecule has 0 amide bonds. The first-order valence-corrected chi connectivity index (χ1v) is 6.86. The van der Waals surface area contributed by atoms with E-state index in [4.69, 9.17) is 0 Å². The molecule has 1 aliphatic heterocycles. The summed E-state index contributed by atoms with van der Waals surface area (Å²) in [6.45, 7) is 3.09. The highest BCUT2D eigenvalue weighted by atomic mass is 16.3. The lowest BCUT2D eigenvalue weighted by Crippen LogP contribution is -2.36. The van der Waals surface area contributed by atoms with Crippen molar-refractivity contribution in [3.05, 3.63) is 47.4 Å². The first-order chi connectivity index (χ1) is 9.12. The Bertz CT molecular complexity index is 529. The molecule has 0 bridgehead atoms. The lowest BCUT2D eigenvalue weighted by Gasteiger charge is -2.34. The van der Waals surface area contributed by atoms with Gasteiger partial charge in [0.15, 0.2) is 5.78 Å². The van der Waals surface area contributed by atoms with Gasteiger partial charge in [0.25, 0.3) is 0 Å². The summed E-state index contributed by atoms with van der Waals surface area (Å²) in [5, 5.41) is 10.4. The highest BCUT2D eigenvalue weighted by molar-refractivity contribution is 5.93. The van der Waals surface area contributed by atoms with E-state index >= 15 is 0 Å². The van der Waals surface area contributed by atoms with Crippen LogP contribution >= 0.6 is 0 Å². The molecule has 0 aromatic heterocycles. The van der Waals surface area contributed by atoms with E-state index in [0.717, 1.165) is 25.8 Å². The molecule has 0 radical (unpaired) electrons. The van der Waals surface area contributed by atoms with Crippen molar-refractivity contribution in [3.8, 4) is 0 Å². The Morgan fingerprint density at radius 3 is 2.53 bits per heavy atom. The van der Waals surface area contributed by atoms with Crippen LogP contribution in [0.1, 0.15) is 31.7 Å². The van der Waals surface area contributed by atoms with Gasteiger partial charge in [-0.25, -0.2) is 0 Å². The molecule has 19 heavy (non-hydrogen) atoms. The Balaban J connectivity index is 1.89. The van der Waals surface area contributed by atoms with Gasteiger partial charge in [0, 0.05) is 25.4 Å². The van der Waals surface area contributed by atoms with Gasteiger partial charge in [-0.05, 0) is 24.8 Å². The number of carbonyl (C=O) groups is 1. The van der Waals surface area contributed by atoms with Gasteiger partial charge in [-0.1, -0.05) is 30.3 Å². The molecule has 1 aromatic carbocycles. The highest BCUT2D eigenvalue weighted by Crippen LogP contribution is 2.57. The van der Waals surface area contributed by atoms with Crippen LogP contribution in [0.15, 0.2) is 41.8 Å². The summed E-state index contributed by atoms with van der Waals surface area (Å²) in [5.41, 5.74) is 1.64. The zero-order chi connectivity index (χ0) is 13.5. The zero-order valence-electron chi connectivity index (χ0n) is 11.2. The van der Waals surface area contributed by atoms with E-state index < -0.39 is 0 Å². The smallest absolute Gasteiger partial charge is 0.179 e. The third-order valence-electron chi connectivity index (χ3n) is 4.31. The fourth-order valence-corrected chi connectivity index (χ4v) is 2.97. The minimum absolute atomic E-state index is 0.0283. The van der Waals surface area contributed by atoms with Crippen molar-refractivity contribution >= 4 is 5.78 Å². The van der Waals surface area contributed by atoms with Crippen LogP contribution in [-0.4, -0.2) is 22.3 Å². The second-order valence-electron chi connectivity index (χ2n) is 5.69. The van der Waals surface area contributed by atoms with Crippen molar-refractivity contribution in [3.63, 3.8) is 0 Å². The van der Waals surface area contributed by atoms with Crippen LogP contribution in [-0.2, 0) is 11.3 Å². The predicted octanol–water partition coefficient (Wildman–Crippen LogP) is 3.03. The van der Waals surface area contributed by atoms with E-state index in [1.165, 1.54) is 5.56 Å². The number of ketones is 1. The molecular formula is C16H19NO2. The molecule has 1 aromatic rings. The molecule has 0 saturated heterocycles. The Hall–Kier alpha value is -1.77. The Labute approximate surface area is 113 Å². The van der Waals surface area contributed by atoms with Crippen LogP contribution in [0.3, 0.4) is 0 Å². The number of nitrogens with zero attached hydrogens (tertiary/aromatic N) is 1. The van der Waals surface area contributed by atoms with Gasteiger partial charge in [-0.3, -0.25) is 4.79 Å². The highest BCUT2D eigenvalue weighted by Gasteiger charge is 2.51. The average molecular weight is 257 g/mol. The molecule has 100 valence electrons. The van der Waals surface area contributed by atoms with E-state index in [0.29, 0.717) is 18.0 Å². The number of Topliss-reactive ketones (excluding diaryl/α,β-unsaturated/α-hetero) is 1. The summed E-state index contributed by atoms with van der Waals surface area (Å²) >= 11 is 0. The van der Waals surface area contributed by atoms with Gasteiger partial charge in [-0.15, -0.1) is 0 Å². The number of hydrogen-bond acceptors (Lipinski definition) is 3. The maximum absolute atomic E-state index is 11.9. The molecule has 0 unspecified atom stereocenters. The molecule has 1 spiro atoms. The molecule has 1 saturated carbocycles. The maximum atomic E-state index is 11.9. The van der Waals surface area contributed by atoms with Crippen molar-refractivity contribution in [2.45, 2.75) is 32.7 Å². The molecule has 1 fully saturated rings. The molecule has 1 heterocycles. The molecule has 0 atom stereocenters. The first-order valence-electron chi connectivity index (χ1n) is 6.86. The SMILES string of the molecule is CC(=O)C1=C(O)C2(CCN1Cc1ccccc1)CC2. The van der Waals surface area contributed by atoms with E-state index in [1.807, 2.05) is 23.1 Å². The summed E-state index contributed by atoms with van der Waals surface area (Å²) < 4.78 is 0. The quantitative estimate of drug-likeness (QED) is 0.904. The van der Waals surface area contributed by atoms with Crippen LogP contribution in [0.5, 0.6) is 0 Å². The summed E-state index contributed by atoms with van der Waals surface area (Å²) in [7, 11) is 0. The van der Waals surface area contributed by atoms with Crippen LogP contribution in [0.25, 0.3) is 0 Å². The molecule has 1 N–H and O–H groups in total. The maximum Gasteiger partial charge on any atom is 0.179 e. The van der Waals surface area contributed by atoms with Gasteiger partial charge in [0.1, 0.15) is 11.5 Å². The van der Waals surface area contributed by atoms with Crippen molar-refractivity contribution in [1.82, 2.24) is 4.90 Å². The third kappa shape index (κ3) is 2.14. The largest absolute Gasteiger partial charge is 0.509 e. The number of benzene rings is 1. The number of carbonyl (C=O) groups excluding carboxylic acids is 1. The predicted molar refractivity (Wildman–Crippen MR) is 73.5 cm³/mol. The third-order valence-corrected chi connectivity index (χ3v) is 4.31. The van der Waals surface area contributed by atoms with Gasteiger partial charge in [0.05, 0.1) is 0 Å². The van der Waals surface area contributed by atoms with Crippen LogP contribution in [0.4, 0.5) is 0 Å². The van der Waals surface area contributed by atoms with Gasteiger partial charge in [-0.2, -0.15) is 0 Å². The summed E-state index contributed by atoms with van der Waals surface area (Å²) in [6, 6.07) is 10.1. The average Bonchev–Trinajstić information content (AvgIpc) is 3.16. The fourth-order valence-electron chi connectivity index (χ4n) is 2.97. The lowest BCUT2D eigenvalue weighted by atomic mass is 9.92. The first kappa shape index (κ1) is 12.3. The number of aliphatic hydroxyl groups excluding tert-OH is 1. The second kappa shape index (κ2) is 4.41. The zero-order valence-corrected chi connectivity index (χ0v) is 11.2. The molecule has 2 aliphatic rings. The van der Waals surface area contributed by atoms with Crippen molar-refractivity contribution in [1.29, 1.82) is 0 Å². The van der Waals surface area contributed by atoms with E-state index in [2.05, 4.69) is 12.1 Å². The van der Waals surface area contributed by atoms with Crippen LogP contribution in [0.2, 0.25) is 0 Å². The van der Waals surface area contributed by atoms with Crippen molar-refractivity contribution < 1.29 is 9.90 Å². The number of allylic oxidation sites excluding steroid dienone is 2. The van der Waals surface area contributed by atoms with E-state index in [1.54, 1.807) is 6.92 Å². The minimum Gasteiger partial charge on any atom is -0.509 e. The number of hydrogen-bond donors (Lipinski definition) is 1. The minimum atomic E-state index is -0.0613. The molecular weight excluding hydrogens is 238 g/mol.